The number of aromatic amines is 1. The summed E-state index contributed by atoms with van der Waals surface area (Å²) in [6.07, 6.45) is 0.359. The van der Waals surface area contributed by atoms with Gasteiger partial charge in [0, 0.05) is 32.2 Å². The van der Waals surface area contributed by atoms with Gasteiger partial charge < -0.3 is 34.9 Å². The Balaban J connectivity index is 1.00. The largest absolute Gasteiger partial charge is 0.453 e. The first kappa shape index (κ1) is 41.7. The van der Waals surface area contributed by atoms with Gasteiger partial charge in [0.05, 0.1) is 47.6 Å². The van der Waals surface area contributed by atoms with Gasteiger partial charge in [0.1, 0.15) is 22.9 Å². The number of carbonyl (C=O) groups excluding carboxylic acids is 4. The highest BCUT2D eigenvalue weighted by Crippen LogP contribution is 2.45. The van der Waals surface area contributed by atoms with Crippen LogP contribution in [-0.2, 0) is 19.1 Å². The zero-order valence-electron chi connectivity index (χ0n) is 35.0. The van der Waals surface area contributed by atoms with E-state index in [1.165, 1.54) is 28.5 Å². The number of rotatable bonds is 10. The third-order valence-corrected chi connectivity index (χ3v) is 15.2. The predicted octanol–water partition coefficient (Wildman–Crippen LogP) is 9.36. The fraction of sp³-hybridized carbons (Fsp3) is 0.455. The molecule has 3 N–H and O–H groups in total. The molecule has 2 fully saturated rings. The highest BCUT2D eigenvalue weighted by molar-refractivity contribution is 7.31. The SMILES string of the molecule is COC(=O)N[C@H](C(=O)N1C[C@@H](C)C[C@H]1c1nc2ccc(-c3cc4sc(-c5ccc6nc([C@@H]7C[C@H](C)CN7C(=O)[C@@H](NC(=O)OC)C(C)C)sc6c5)cc4s3)cc2[nH]1)C(C)C. The molecule has 6 atom stereocenters. The molecule has 8 rings (SSSR count). The van der Waals surface area contributed by atoms with Crippen LogP contribution in [0.1, 0.15) is 77.3 Å². The number of methoxy groups -OCH3 is 2. The first-order valence-electron chi connectivity index (χ1n) is 20.4. The number of fused-ring (bicyclic) bond motifs is 3. The third kappa shape index (κ3) is 8.08. The number of H-pyrrole nitrogens is 1. The molecule has 6 heterocycles. The van der Waals surface area contributed by atoms with Gasteiger partial charge in [-0.15, -0.1) is 34.0 Å². The molecule has 0 saturated carbocycles. The van der Waals surface area contributed by atoms with Crippen molar-refractivity contribution in [2.75, 3.05) is 27.3 Å². The van der Waals surface area contributed by atoms with Gasteiger partial charge in [-0.25, -0.2) is 19.6 Å². The average Bonchev–Trinajstić information content (AvgIpc) is 4.07. The summed E-state index contributed by atoms with van der Waals surface area (Å²) in [6, 6.07) is 15.4. The van der Waals surface area contributed by atoms with E-state index in [1.54, 1.807) is 34.0 Å². The lowest BCUT2D eigenvalue weighted by molar-refractivity contribution is -0.136. The van der Waals surface area contributed by atoms with Gasteiger partial charge in [-0.2, -0.15) is 0 Å². The van der Waals surface area contributed by atoms with E-state index < -0.39 is 24.3 Å². The second kappa shape index (κ2) is 16.8. The van der Waals surface area contributed by atoms with Crippen molar-refractivity contribution in [1.29, 1.82) is 0 Å². The Morgan fingerprint density at radius 2 is 1.20 bits per heavy atom. The lowest BCUT2D eigenvalue weighted by atomic mass is 10.0. The number of thiazole rings is 1. The van der Waals surface area contributed by atoms with E-state index in [4.69, 9.17) is 19.4 Å². The number of ether oxygens (including phenoxy) is 2. The van der Waals surface area contributed by atoms with Crippen LogP contribution in [0.25, 0.3) is 51.5 Å². The summed E-state index contributed by atoms with van der Waals surface area (Å²) in [7, 11) is 2.60. The molecule has 0 bridgehead atoms. The Bertz CT molecular complexity index is 2390. The number of likely N-dealkylation sites (tertiary alicyclic amines) is 2. The van der Waals surface area contributed by atoms with Crippen molar-refractivity contribution in [3.63, 3.8) is 0 Å². The van der Waals surface area contributed by atoms with Crippen LogP contribution in [0.5, 0.6) is 0 Å². The van der Waals surface area contributed by atoms with E-state index in [0.717, 1.165) is 60.9 Å². The number of carbonyl (C=O) groups is 4. The Morgan fingerprint density at radius 1 is 0.683 bits per heavy atom. The number of hydrogen-bond donors (Lipinski definition) is 3. The van der Waals surface area contributed by atoms with Crippen LogP contribution in [0.3, 0.4) is 0 Å². The van der Waals surface area contributed by atoms with Crippen molar-refractivity contribution >= 4 is 88.7 Å². The molecule has 16 heteroatoms. The highest BCUT2D eigenvalue weighted by Gasteiger charge is 2.41. The molecule has 2 aliphatic rings. The molecular formula is C44H51N7O6S3. The van der Waals surface area contributed by atoms with Crippen LogP contribution in [0.4, 0.5) is 9.59 Å². The summed E-state index contributed by atoms with van der Waals surface area (Å²) < 4.78 is 13.1. The number of aromatic nitrogens is 3. The van der Waals surface area contributed by atoms with Crippen LogP contribution in [-0.4, -0.2) is 88.1 Å². The van der Waals surface area contributed by atoms with Crippen LogP contribution < -0.4 is 10.6 Å². The lowest BCUT2D eigenvalue weighted by Crippen LogP contribution is -2.51. The number of alkyl carbamates (subject to hydrolysis) is 2. The van der Waals surface area contributed by atoms with E-state index in [2.05, 4.69) is 71.9 Å². The molecular weight excluding hydrogens is 819 g/mol. The fourth-order valence-corrected chi connectivity index (χ4v) is 12.0. The smallest absolute Gasteiger partial charge is 0.407 e. The molecule has 2 aromatic carbocycles. The molecule has 0 radical (unpaired) electrons. The number of imidazole rings is 1. The van der Waals surface area contributed by atoms with Crippen molar-refractivity contribution < 1.29 is 28.7 Å². The van der Waals surface area contributed by atoms with Gasteiger partial charge in [0.25, 0.3) is 0 Å². The minimum atomic E-state index is -0.698. The van der Waals surface area contributed by atoms with Crippen molar-refractivity contribution in [1.82, 2.24) is 35.4 Å². The van der Waals surface area contributed by atoms with Crippen molar-refractivity contribution in [3.8, 4) is 20.9 Å². The minimum absolute atomic E-state index is 0.100. The molecule has 4 aromatic heterocycles. The first-order chi connectivity index (χ1) is 28.7. The summed E-state index contributed by atoms with van der Waals surface area (Å²) in [5, 5.41) is 6.39. The zero-order valence-corrected chi connectivity index (χ0v) is 37.5. The van der Waals surface area contributed by atoms with Gasteiger partial charge in [0.15, 0.2) is 0 Å². The third-order valence-electron chi connectivity index (χ3n) is 11.7. The monoisotopic (exact) mass is 869 g/mol. The van der Waals surface area contributed by atoms with E-state index in [-0.39, 0.29) is 41.7 Å². The second-order valence-electron chi connectivity index (χ2n) is 16.9. The Labute approximate surface area is 360 Å². The normalized spacial score (nSPS) is 20.4. The molecule has 13 nitrogen and oxygen atoms in total. The second-order valence-corrected chi connectivity index (χ2v) is 20.2. The van der Waals surface area contributed by atoms with Gasteiger partial charge in [0.2, 0.25) is 11.8 Å². The van der Waals surface area contributed by atoms with Crippen molar-refractivity contribution in [3.05, 3.63) is 59.4 Å². The van der Waals surface area contributed by atoms with E-state index in [1.807, 2.05) is 43.6 Å². The molecule has 0 aliphatic carbocycles. The first-order valence-corrected chi connectivity index (χ1v) is 22.9. The molecule has 4 amide bonds. The standard InChI is InChI=1S/C44H51N7O6S3/c1-21(2)37(48-43(54)56-7)41(52)50-19-23(5)13-30(50)39-45-27-11-9-25(15-29(27)46-39)32-17-35-36(58-32)18-33(59-35)26-10-12-28-34(16-26)60-40(47-28)31-14-24(6)20-51(31)42(53)38(22(3)4)49-44(55)57-8/h9-12,15-18,21-24,30-31,37-38H,13-14,19-20H2,1-8H3,(H,45,46)(H,48,54)(H,49,55)/t23-,24-,30-,31-,37-,38-/m0/s1. The van der Waals surface area contributed by atoms with Crippen LogP contribution in [0, 0.1) is 23.7 Å². The van der Waals surface area contributed by atoms with Crippen LogP contribution >= 0.6 is 34.0 Å². The quantitative estimate of drug-likeness (QED) is 0.123. The minimum Gasteiger partial charge on any atom is -0.453 e. The highest BCUT2D eigenvalue weighted by atomic mass is 32.1. The van der Waals surface area contributed by atoms with Crippen LogP contribution in [0.15, 0.2) is 48.5 Å². The summed E-state index contributed by atoms with van der Waals surface area (Å²) >= 11 is 5.16. The number of nitrogens with one attached hydrogen (secondary N) is 3. The van der Waals surface area contributed by atoms with Gasteiger partial charge in [-0.05, 0) is 84.0 Å². The number of benzene rings is 2. The molecule has 2 saturated heterocycles. The maximum Gasteiger partial charge on any atom is 0.407 e. The number of amides is 4. The topological polar surface area (TPSA) is 159 Å². The molecule has 316 valence electrons. The maximum absolute atomic E-state index is 13.8. The Kier molecular flexibility index (Phi) is 11.6. The zero-order chi connectivity index (χ0) is 42.6. The predicted molar refractivity (Wildman–Crippen MR) is 238 cm³/mol. The van der Waals surface area contributed by atoms with Crippen molar-refractivity contribution in [2.24, 2.45) is 23.7 Å². The summed E-state index contributed by atoms with van der Waals surface area (Å²) in [5.74, 6) is 0.884. The molecule has 0 spiro atoms. The average molecular weight is 870 g/mol. The Hall–Kier alpha value is -5.06. The lowest BCUT2D eigenvalue weighted by Gasteiger charge is -2.30. The van der Waals surface area contributed by atoms with Crippen LogP contribution in [0.2, 0.25) is 0 Å². The fourth-order valence-electron chi connectivity index (χ4n) is 8.53. The molecule has 60 heavy (non-hydrogen) atoms. The number of thiophene rings is 2. The molecule has 6 aromatic rings. The number of nitrogens with zero attached hydrogens (tertiary/aromatic N) is 4. The Morgan fingerprint density at radius 3 is 1.75 bits per heavy atom. The summed E-state index contributed by atoms with van der Waals surface area (Å²) in [4.78, 5) is 71.4. The number of hydrogen-bond acceptors (Lipinski definition) is 11. The molecule has 2 aliphatic heterocycles. The van der Waals surface area contributed by atoms with E-state index in [9.17, 15) is 19.2 Å². The summed E-state index contributed by atoms with van der Waals surface area (Å²) in [5.41, 5.74) is 4.88. The van der Waals surface area contributed by atoms with Gasteiger partial charge in [-0.1, -0.05) is 53.7 Å². The van der Waals surface area contributed by atoms with Gasteiger partial charge in [-0.3, -0.25) is 9.59 Å². The summed E-state index contributed by atoms with van der Waals surface area (Å²) in [6.45, 7) is 13.2. The van der Waals surface area contributed by atoms with Gasteiger partial charge >= 0.3 is 12.2 Å². The van der Waals surface area contributed by atoms with Crippen molar-refractivity contribution in [2.45, 2.75) is 78.6 Å². The molecule has 0 unspecified atom stereocenters. The maximum atomic E-state index is 13.8. The van der Waals surface area contributed by atoms with E-state index in [0.29, 0.717) is 19.0 Å². The van der Waals surface area contributed by atoms with E-state index >= 15 is 0 Å².